The molecule has 34 heavy (non-hydrogen) atoms. The van der Waals surface area contributed by atoms with Gasteiger partial charge >= 0.3 is 5.97 Å². The summed E-state index contributed by atoms with van der Waals surface area (Å²) in [5.41, 5.74) is 3.35. The van der Waals surface area contributed by atoms with Crippen LogP contribution in [-0.4, -0.2) is 28.6 Å². The SMILES string of the molecule is CCOC(=O)C1=C(C)N=C2SC=C(CC(=O)NCc3ccc(F)cc3)N2[C@@H]1c1ccc(Cl)cc1. The second kappa shape index (κ2) is 10.4. The van der Waals surface area contributed by atoms with Gasteiger partial charge in [-0.2, -0.15) is 0 Å². The van der Waals surface area contributed by atoms with Crippen molar-refractivity contribution in [2.24, 2.45) is 4.99 Å². The zero-order chi connectivity index (χ0) is 24.2. The van der Waals surface area contributed by atoms with E-state index in [9.17, 15) is 14.0 Å². The smallest absolute Gasteiger partial charge is 0.338 e. The van der Waals surface area contributed by atoms with Crippen LogP contribution in [0.25, 0.3) is 0 Å². The summed E-state index contributed by atoms with van der Waals surface area (Å²) in [5, 5.41) is 6.01. The quantitative estimate of drug-likeness (QED) is 0.522. The van der Waals surface area contributed by atoms with E-state index in [0.717, 1.165) is 16.8 Å². The molecule has 0 fully saturated rings. The zero-order valence-corrected chi connectivity index (χ0v) is 20.3. The first-order chi connectivity index (χ1) is 16.4. The summed E-state index contributed by atoms with van der Waals surface area (Å²) in [6.07, 6.45) is 0.0897. The van der Waals surface area contributed by atoms with E-state index in [1.807, 2.05) is 22.4 Å². The number of ether oxygens (including phenoxy) is 1. The van der Waals surface area contributed by atoms with Gasteiger partial charge in [-0.1, -0.05) is 47.6 Å². The third-order valence-corrected chi connectivity index (χ3v) is 6.57. The number of allylic oxidation sites excluding steroid dienone is 1. The molecule has 0 aliphatic carbocycles. The van der Waals surface area contributed by atoms with E-state index in [-0.39, 0.29) is 31.3 Å². The van der Waals surface area contributed by atoms with E-state index in [4.69, 9.17) is 16.3 Å². The van der Waals surface area contributed by atoms with E-state index >= 15 is 0 Å². The average molecular weight is 500 g/mol. The fourth-order valence-corrected chi connectivity index (χ4v) is 4.92. The van der Waals surface area contributed by atoms with E-state index in [1.54, 1.807) is 38.1 Å². The van der Waals surface area contributed by atoms with Crippen LogP contribution in [0.1, 0.15) is 37.4 Å². The Morgan fingerprint density at radius 3 is 2.56 bits per heavy atom. The molecule has 9 heteroatoms. The van der Waals surface area contributed by atoms with Crippen molar-refractivity contribution in [3.63, 3.8) is 0 Å². The normalized spacial score (nSPS) is 17.2. The highest BCUT2D eigenvalue weighted by atomic mass is 35.5. The number of fused-ring (bicyclic) bond motifs is 1. The molecule has 0 saturated carbocycles. The van der Waals surface area contributed by atoms with Crippen LogP contribution in [0.3, 0.4) is 0 Å². The number of esters is 1. The van der Waals surface area contributed by atoms with Crippen molar-refractivity contribution >= 4 is 40.4 Å². The van der Waals surface area contributed by atoms with Crippen molar-refractivity contribution in [1.82, 2.24) is 10.2 Å². The number of hydrogen-bond donors (Lipinski definition) is 1. The van der Waals surface area contributed by atoms with Crippen molar-refractivity contribution in [2.75, 3.05) is 6.61 Å². The molecule has 176 valence electrons. The molecule has 2 aromatic rings. The predicted octanol–water partition coefficient (Wildman–Crippen LogP) is 5.32. The Labute approximate surface area is 206 Å². The van der Waals surface area contributed by atoms with Gasteiger partial charge in [-0.15, -0.1) is 0 Å². The molecule has 0 aromatic heterocycles. The van der Waals surface area contributed by atoms with Gasteiger partial charge in [0, 0.05) is 17.3 Å². The largest absolute Gasteiger partial charge is 0.463 e. The number of amides is 1. The Morgan fingerprint density at radius 2 is 1.88 bits per heavy atom. The number of nitrogens with zero attached hydrogens (tertiary/aromatic N) is 2. The maximum atomic E-state index is 13.1. The first kappa shape index (κ1) is 24.0. The fraction of sp³-hybridized carbons (Fsp3) is 0.240. The van der Waals surface area contributed by atoms with Gasteiger partial charge in [0.15, 0.2) is 5.17 Å². The van der Waals surface area contributed by atoms with Crippen molar-refractivity contribution in [1.29, 1.82) is 0 Å². The summed E-state index contributed by atoms with van der Waals surface area (Å²) < 4.78 is 18.5. The third-order valence-electron chi connectivity index (χ3n) is 5.43. The highest BCUT2D eigenvalue weighted by molar-refractivity contribution is 8.16. The molecule has 2 heterocycles. The Balaban J connectivity index is 1.58. The highest BCUT2D eigenvalue weighted by Gasteiger charge is 2.41. The first-order valence-corrected chi connectivity index (χ1v) is 12.0. The molecule has 0 unspecified atom stereocenters. The third kappa shape index (κ3) is 5.18. The average Bonchev–Trinajstić information content (AvgIpc) is 3.20. The van der Waals surface area contributed by atoms with Crippen LogP contribution in [0, 0.1) is 5.82 Å². The number of thioether (sulfide) groups is 1. The minimum absolute atomic E-state index is 0.0897. The van der Waals surface area contributed by atoms with E-state index in [1.165, 1.54) is 23.9 Å². The van der Waals surface area contributed by atoms with Crippen LogP contribution < -0.4 is 5.32 Å². The molecule has 0 saturated heterocycles. The molecule has 2 aromatic carbocycles. The molecular weight excluding hydrogens is 477 g/mol. The molecule has 0 radical (unpaired) electrons. The standard InChI is InChI=1S/C25H23ClFN3O3S/c1-3-33-24(32)22-15(2)29-25-30(23(22)17-6-8-18(26)9-7-17)20(14-34-25)12-21(31)28-13-16-4-10-19(27)11-5-16/h4-11,14,23H,3,12-13H2,1-2H3,(H,28,31)/t23-/m1/s1. The first-order valence-electron chi connectivity index (χ1n) is 10.8. The second-order valence-electron chi connectivity index (χ2n) is 7.75. The van der Waals surface area contributed by atoms with Crippen molar-refractivity contribution in [3.8, 4) is 0 Å². The lowest BCUT2D eigenvalue weighted by atomic mass is 9.94. The Hall–Kier alpha value is -3.10. The van der Waals surface area contributed by atoms with Crippen LogP contribution in [0.4, 0.5) is 4.39 Å². The Morgan fingerprint density at radius 1 is 1.18 bits per heavy atom. The molecule has 1 amide bonds. The number of amidine groups is 1. The zero-order valence-electron chi connectivity index (χ0n) is 18.7. The maximum Gasteiger partial charge on any atom is 0.338 e. The number of halogens is 2. The lowest BCUT2D eigenvalue weighted by Gasteiger charge is -2.36. The number of carbonyl (C=O) groups is 2. The summed E-state index contributed by atoms with van der Waals surface area (Å²) in [4.78, 5) is 32.2. The number of carbonyl (C=O) groups excluding carboxylic acids is 2. The number of benzene rings is 2. The predicted molar refractivity (Wildman–Crippen MR) is 131 cm³/mol. The summed E-state index contributed by atoms with van der Waals surface area (Å²) in [5.74, 6) is -0.967. The molecule has 2 aliphatic rings. The van der Waals surface area contributed by atoms with Gasteiger partial charge < -0.3 is 15.0 Å². The molecule has 4 rings (SSSR count). The molecule has 1 N–H and O–H groups in total. The number of rotatable bonds is 7. The number of aliphatic imine (C=N–C) groups is 1. The van der Waals surface area contributed by atoms with E-state index in [0.29, 0.717) is 21.5 Å². The molecular formula is C25H23ClFN3O3S. The minimum atomic E-state index is -0.505. The van der Waals surface area contributed by atoms with Gasteiger partial charge in [-0.05, 0) is 54.6 Å². The van der Waals surface area contributed by atoms with Crippen LogP contribution in [0.5, 0.6) is 0 Å². The summed E-state index contributed by atoms with van der Waals surface area (Å²) in [6.45, 7) is 4.07. The number of hydrogen-bond acceptors (Lipinski definition) is 6. The molecule has 0 bridgehead atoms. The summed E-state index contributed by atoms with van der Waals surface area (Å²) >= 11 is 7.51. The fourth-order valence-electron chi connectivity index (χ4n) is 3.83. The highest BCUT2D eigenvalue weighted by Crippen LogP contribution is 2.44. The molecule has 0 spiro atoms. The van der Waals surface area contributed by atoms with Gasteiger partial charge in [0.2, 0.25) is 5.91 Å². The Bertz CT molecular complexity index is 1190. The summed E-state index contributed by atoms with van der Waals surface area (Å²) in [7, 11) is 0. The van der Waals surface area contributed by atoms with Gasteiger partial charge in [0.05, 0.1) is 30.3 Å². The lowest BCUT2D eigenvalue weighted by molar-refractivity contribution is -0.139. The topological polar surface area (TPSA) is 71.0 Å². The van der Waals surface area contributed by atoms with Crippen LogP contribution in [-0.2, 0) is 20.9 Å². The van der Waals surface area contributed by atoms with E-state index < -0.39 is 12.0 Å². The van der Waals surface area contributed by atoms with Crippen LogP contribution in [0.2, 0.25) is 5.02 Å². The van der Waals surface area contributed by atoms with Gasteiger partial charge in [0.1, 0.15) is 5.82 Å². The van der Waals surface area contributed by atoms with Crippen molar-refractivity contribution < 1.29 is 18.7 Å². The second-order valence-corrected chi connectivity index (χ2v) is 9.02. The van der Waals surface area contributed by atoms with E-state index in [2.05, 4.69) is 10.3 Å². The summed E-state index contributed by atoms with van der Waals surface area (Å²) in [6, 6.07) is 12.7. The van der Waals surface area contributed by atoms with Crippen LogP contribution in [0.15, 0.2) is 75.9 Å². The molecule has 2 aliphatic heterocycles. The monoisotopic (exact) mass is 499 g/mol. The van der Waals surface area contributed by atoms with Gasteiger partial charge in [0.25, 0.3) is 0 Å². The van der Waals surface area contributed by atoms with Crippen LogP contribution >= 0.6 is 23.4 Å². The van der Waals surface area contributed by atoms with Crippen molar-refractivity contribution in [3.05, 3.63) is 92.9 Å². The molecule has 1 atom stereocenters. The Kier molecular flexibility index (Phi) is 7.38. The lowest BCUT2D eigenvalue weighted by Crippen LogP contribution is -2.38. The number of nitrogens with one attached hydrogen (secondary N) is 1. The van der Waals surface area contributed by atoms with Gasteiger partial charge in [-0.25, -0.2) is 14.2 Å². The maximum absolute atomic E-state index is 13.1. The minimum Gasteiger partial charge on any atom is -0.463 e. The van der Waals surface area contributed by atoms with Crippen molar-refractivity contribution in [2.45, 2.75) is 32.9 Å². The molecule has 6 nitrogen and oxygen atoms in total. The van der Waals surface area contributed by atoms with Gasteiger partial charge in [-0.3, -0.25) is 4.79 Å².